The van der Waals surface area contributed by atoms with Crippen molar-refractivity contribution >= 4 is 0 Å². The van der Waals surface area contributed by atoms with Crippen LogP contribution in [0.3, 0.4) is 0 Å². The third-order valence-electron chi connectivity index (χ3n) is 4.02. The van der Waals surface area contributed by atoms with Crippen LogP contribution in [0.1, 0.15) is 43.0 Å². The van der Waals surface area contributed by atoms with Gasteiger partial charge in [-0.2, -0.15) is 4.98 Å². The molecule has 20 heavy (non-hydrogen) atoms. The predicted molar refractivity (Wildman–Crippen MR) is 75.2 cm³/mol. The molecule has 1 aliphatic carbocycles. The maximum Gasteiger partial charge on any atom is 0.227 e. The normalized spacial score (nSPS) is 22.9. The van der Waals surface area contributed by atoms with Crippen LogP contribution in [-0.4, -0.2) is 21.4 Å². The number of benzene rings is 1. The highest BCUT2D eigenvalue weighted by molar-refractivity contribution is 5.18. The van der Waals surface area contributed by atoms with Crippen molar-refractivity contribution in [1.82, 2.24) is 10.1 Å². The summed E-state index contributed by atoms with van der Waals surface area (Å²) in [5, 5.41) is 14.0. The minimum atomic E-state index is -0.215. The molecule has 1 saturated carbocycles. The maximum atomic E-state index is 9.98. The molecule has 0 aliphatic heterocycles. The van der Waals surface area contributed by atoms with Gasteiger partial charge in [0.15, 0.2) is 5.82 Å². The highest BCUT2D eigenvalue weighted by Gasteiger charge is 2.25. The summed E-state index contributed by atoms with van der Waals surface area (Å²) in [5.41, 5.74) is 1.18. The first-order chi connectivity index (χ1) is 9.81. The lowest BCUT2D eigenvalue weighted by Crippen LogP contribution is -2.26. The van der Waals surface area contributed by atoms with Gasteiger partial charge in [0.25, 0.3) is 0 Å². The minimum absolute atomic E-state index is 0.215. The lowest BCUT2D eigenvalue weighted by Gasteiger charge is -2.26. The number of rotatable bonds is 4. The van der Waals surface area contributed by atoms with Gasteiger partial charge in [0, 0.05) is 12.8 Å². The summed E-state index contributed by atoms with van der Waals surface area (Å²) in [6.07, 6.45) is 5.44. The molecular weight excluding hydrogens is 252 g/mol. The van der Waals surface area contributed by atoms with Crippen LogP contribution in [0.2, 0.25) is 0 Å². The van der Waals surface area contributed by atoms with Gasteiger partial charge in [-0.3, -0.25) is 0 Å². The highest BCUT2D eigenvalue weighted by Crippen LogP contribution is 2.27. The summed E-state index contributed by atoms with van der Waals surface area (Å²) >= 11 is 0. The zero-order valence-corrected chi connectivity index (χ0v) is 11.5. The van der Waals surface area contributed by atoms with Gasteiger partial charge in [-0.15, -0.1) is 0 Å². The molecular formula is C16H20N2O2. The van der Waals surface area contributed by atoms with Crippen molar-refractivity contribution in [3.05, 3.63) is 47.6 Å². The van der Waals surface area contributed by atoms with Gasteiger partial charge in [-0.25, -0.2) is 0 Å². The van der Waals surface area contributed by atoms with Gasteiger partial charge in [-0.1, -0.05) is 48.3 Å². The van der Waals surface area contributed by atoms with Crippen molar-refractivity contribution in [2.75, 3.05) is 0 Å². The molecule has 1 heterocycles. The largest absolute Gasteiger partial charge is 0.393 e. The Balaban J connectivity index is 1.62. The van der Waals surface area contributed by atoms with E-state index in [9.17, 15) is 5.11 Å². The Morgan fingerprint density at radius 2 is 1.95 bits per heavy atom. The first-order valence-corrected chi connectivity index (χ1v) is 7.35. The van der Waals surface area contributed by atoms with E-state index in [-0.39, 0.29) is 12.0 Å². The highest BCUT2D eigenvalue weighted by atomic mass is 16.5. The lowest BCUT2D eigenvalue weighted by atomic mass is 9.84. The molecule has 0 spiro atoms. The van der Waals surface area contributed by atoms with Gasteiger partial charge < -0.3 is 9.63 Å². The van der Waals surface area contributed by atoms with Crippen LogP contribution in [0.5, 0.6) is 0 Å². The second-order valence-electron chi connectivity index (χ2n) is 5.58. The molecule has 4 heteroatoms. The Morgan fingerprint density at radius 1 is 1.15 bits per heavy atom. The Morgan fingerprint density at radius 3 is 2.75 bits per heavy atom. The Hall–Kier alpha value is -1.68. The van der Waals surface area contributed by atoms with Crippen molar-refractivity contribution in [2.24, 2.45) is 5.92 Å². The predicted octanol–water partition coefficient (Wildman–Crippen LogP) is 2.75. The number of aromatic nitrogens is 2. The quantitative estimate of drug-likeness (QED) is 0.929. The summed E-state index contributed by atoms with van der Waals surface area (Å²) in [7, 11) is 0. The molecule has 0 radical (unpaired) electrons. The number of nitrogens with zero attached hydrogens (tertiary/aromatic N) is 2. The fraction of sp³-hybridized carbons (Fsp3) is 0.500. The fourth-order valence-corrected chi connectivity index (χ4v) is 2.87. The average molecular weight is 272 g/mol. The van der Waals surface area contributed by atoms with Crippen LogP contribution in [0, 0.1) is 5.92 Å². The lowest BCUT2D eigenvalue weighted by molar-refractivity contribution is 0.0657. The average Bonchev–Trinajstić information content (AvgIpc) is 2.90. The van der Waals surface area contributed by atoms with E-state index in [1.807, 2.05) is 18.2 Å². The van der Waals surface area contributed by atoms with Crippen LogP contribution in [0.15, 0.2) is 34.9 Å². The standard InChI is InChI=1S/C16H20N2O2/c19-14-9-5-4-8-13(14)11-16-17-15(18-20-16)10-12-6-2-1-3-7-12/h1-3,6-7,13-14,19H,4-5,8-11H2. The third-order valence-corrected chi connectivity index (χ3v) is 4.02. The van der Waals surface area contributed by atoms with Crippen LogP contribution in [0.4, 0.5) is 0 Å². The van der Waals surface area contributed by atoms with Gasteiger partial charge in [-0.05, 0) is 24.3 Å². The number of hydrogen-bond acceptors (Lipinski definition) is 4. The molecule has 1 aromatic heterocycles. The SMILES string of the molecule is OC1CCCCC1Cc1nc(Cc2ccccc2)no1. The molecule has 1 fully saturated rings. The zero-order chi connectivity index (χ0) is 13.8. The summed E-state index contributed by atoms with van der Waals surface area (Å²) in [6.45, 7) is 0. The summed E-state index contributed by atoms with van der Waals surface area (Å²) in [5.74, 6) is 1.65. The van der Waals surface area contributed by atoms with E-state index < -0.39 is 0 Å². The van der Waals surface area contributed by atoms with Gasteiger partial charge in [0.2, 0.25) is 5.89 Å². The second-order valence-corrected chi connectivity index (χ2v) is 5.58. The van der Waals surface area contributed by atoms with E-state index >= 15 is 0 Å². The van der Waals surface area contributed by atoms with E-state index in [2.05, 4.69) is 22.3 Å². The first-order valence-electron chi connectivity index (χ1n) is 7.35. The molecule has 2 unspecified atom stereocenters. The van der Waals surface area contributed by atoms with Crippen molar-refractivity contribution in [3.63, 3.8) is 0 Å². The number of hydrogen-bond donors (Lipinski definition) is 1. The molecule has 0 saturated heterocycles. The van der Waals surface area contributed by atoms with Crippen LogP contribution >= 0.6 is 0 Å². The second kappa shape index (κ2) is 6.18. The molecule has 106 valence electrons. The van der Waals surface area contributed by atoms with Gasteiger partial charge in [0.05, 0.1) is 6.10 Å². The summed E-state index contributed by atoms with van der Waals surface area (Å²) in [4.78, 5) is 4.45. The molecule has 0 amide bonds. The van der Waals surface area contributed by atoms with Crippen LogP contribution < -0.4 is 0 Å². The van der Waals surface area contributed by atoms with E-state index in [4.69, 9.17) is 4.52 Å². The molecule has 3 rings (SSSR count). The Labute approximate surface area is 118 Å². The summed E-state index contributed by atoms with van der Waals surface area (Å²) in [6, 6.07) is 10.1. The maximum absolute atomic E-state index is 9.98. The van der Waals surface area contributed by atoms with E-state index in [0.717, 1.165) is 25.1 Å². The van der Waals surface area contributed by atoms with E-state index in [0.29, 0.717) is 18.7 Å². The first kappa shape index (κ1) is 13.3. The van der Waals surface area contributed by atoms with Crippen molar-refractivity contribution in [1.29, 1.82) is 0 Å². The molecule has 2 atom stereocenters. The Bertz CT molecular complexity index is 538. The van der Waals surface area contributed by atoms with Crippen molar-refractivity contribution < 1.29 is 9.63 Å². The molecule has 2 aromatic rings. The van der Waals surface area contributed by atoms with E-state index in [1.54, 1.807) is 0 Å². The molecule has 0 bridgehead atoms. The van der Waals surface area contributed by atoms with Gasteiger partial charge >= 0.3 is 0 Å². The number of aliphatic hydroxyl groups excluding tert-OH is 1. The van der Waals surface area contributed by atoms with Crippen molar-refractivity contribution in [3.8, 4) is 0 Å². The molecule has 4 nitrogen and oxygen atoms in total. The smallest absolute Gasteiger partial charge is 0.227 e. The molecule has 1 aliphatic rings. The monoisotopic (exact) mass is 272 g/mol. The van der Waals surface area contributed by atoms with Crippen molar-refractivity contribution in [2.45, 2.75) is 44.6 Å². The Kier molecular flexibility index (Phi) is 4.11. The number of aliphatic hydroxyl groups is 1. The zero-order valence-electron chi connectivity index (χ0n) is 11.5. The third kappa shape index (κ3) is 3.25. The van der Waals surface area contributed by atoms with Gasteiger partial charge in [0.1, 0.15) is 0 Å². The van der Waals surface area contributed by atoms with E-state index in [1.165, 1.54) is 12.0 Å². The molecule has 1 aromatic carbocycles. The summed E-state index contributed by atoms with van der Waals surface area (Å²) < 4.78 is 5.32. The fourth-order valence-electron chi connectivity index (χ4n) is 2.87. The minimum Gasteiger partial charge on any atom is -0.393 e. The topological polar surface area (TPSA) is 59.2 Å². The van der Waals surface area contributed by atoms with Crippen LogP contribution in [-0.2, 0) is 12.8 Å². The van der Waals surface area contributed by atoms with Crippen LogP contribution in [0.25, 0.3) is 0 Å². The molecule has 1 N–H and O–H groups in total.